The third-order valence-electron chi connectivity index (χ3n) is 2.89. The van der Waals surface area contributed by atoms with Crippen LogP contribution >= 0.6 is 27.5 Å². The summed E-state index contributed by atoms with van der Waals surface area (Å²) in [4.78, 5) is -0.0498. The molecule has 0 radical (unpaired) electrons. The van der Waals surface area contributed by atoms with Crippen molar-refractivity contribution in [3.63, 3.8) is 0 Å². The van der Waals surface area contributed by atoms with E-state index < -0.39 is 0 Å². The summed E-state index contributed by atoms with van der Waals surface area (Å²) in [5.41, 5.74) is 1.98. The first-order chi connectivity index (χ1) is 9.17. The van der Waals surface area contributed by atoms with Gasteiger partial charge in [0, 0.05) is 10.6 Å². The number of halogens is 2. The van der Waals surface area contributed by atoms with E-state index in [2.05, 4.69) is 15.9 Å². The first-order valence-electron chi connectivity index (χ1n) is 5.77. The van der Waals surface area contributed by atoms with E-state index in [0.717, 1.165) is 22.6 Å². The smallest absolute Gasteiger partial charge is 0.123 e. The molecule has 2 rings (SSSR count). The molecule has 0 saturated carbocycles. The van der Waals surface area contributed by atoms with E-state index in [1.54, 1.807) is 14.2 Å². The van der Waals surface area contributed by atoms with Crippen molar-refractivity contribution in [2.24, 2.45) is 0 Å². The van der Waals surface area contributed by atoms with Crippen LogP contribution in [-0.2, 0) is 0 Å². The van der Waals surface area contributed by atoms with Crippen molar-refractivity contribution in [1.29, 1.82) is 0 Å². The maximum Gasteiger partial charge on any atom is 0.123 e. The lowest BCUT2D eigenvalue weighted by Gasteiger charge is -2.16. The molecule has 0 saturated heterocycles. The molecule has 100 valence electrons. The molecule has 2 aromatic rings. The second-order valence-electron chi connectivity index (χ2n) is 3.99. The van der Waals surface area contributed by atoms with Crippen LogP contribution in [0.2, 0.25) is 5.02 Å². The van der Waals surface area contributed by atoms with Crippen LogP contribution in [0.1, 0.15) is 16.0 Å². The minimum Gasteiger partial charge on any atom is -0.497 e. The molecule has 0 fully saturated rings. The van der Waals surface area contributed by atoms with E-state index >= 15 is 0 Å². The molecule has 0 heterocycles. The van der Waals surface area contributed by atoms with Gasteiger partial charge in [0.15, 0.2) is 0 Å². The van der Waals surface area contributed by atoms with Crippen LogP contribution in [0.5, 0.6) is 11.5 Å². The molecule has 0 aromatic heterocycles. The normalized spacial score (nSPS) is 12.0. The molecule has 0 amide bonds. The van der Waals surface area contributed by atoms with Gasteiger partial charge in [0.05, 0.1) is 19.0 Å². The zero-order valence-corrected chi connectivity index (χ0v) is 13.0. The average Bonchev–Trinajstić information content (AvgIpc) is 2.46. The Hall–Kier alpha value is -1.19. The Balaban J connectivity index is 2.48. The molecule has 0 spiro atoms. The Morgan fingerprint density at radius 1 is 1.00 bits per heavy atom. The molecule has 0 bridgehead atoms. The van der Waals surface area contributed by atoms with E-state index in [9.17, 15) is 0 Å². The minimum absolute atomic E-state index is 0.0498. The maximum atomic E-state index is 6.24. The fourth-order valence-corrected chi connectivity index (χ4v) is 3.02. The fourth-order valence-electron chi connectivity index (χ4n) is 1.89. The second-order valence-corrected chi connectivity index (χ2v) is 5.31. The van der Waals surface area contributed by atoms with Crippen LogP contribution in [0, 0.1) is 0 Å². The Morgan fingerprint density at radius 2 is 1.74 bits per heavy atom. The maximum absolute atomic E-state index is 6.24. The van der Waals surface area contributed by atoms with Crippen molar-refractivity contribution in [3.05, 3.63) is 58.6 Å². The topological polar surface area (TPSA) is 18.5 Å². The molecule has 0 aliphatic carbocycles. The van der Waals surface area contributed by atoms with Gasteiger partial charge >= 0.3 is 0 Å². The molecule has 19 heavy (non-hydrogen) atoms. The predicted octanol–water partition coefficient (Wildman–Crippen LogP) is 4.84. The van der Waals surface area contributed by atoms with E-state index in [4.69, 9.17) is 21.1 Å². The summed E-state index contributed by atoms with van der Waals surface area (Å²) >= 11 is 9.92. The van der Waals surface area contributed by atoms with Crippen molar-refractivity contribution < 1.29 is 9.47 Å². The number of ether oxygens (including phenoxy) is 2. The number of rotatable bonds is 4. The molecule has 0 aliphatic heterocycles. The summed E-state index contributed by atoms with van der Waals surface area (Å²) in [6, 6.07) is 13.4. The summed E-state index contributed by atoms with van der Waals surface area (Å²) in [5, 5.41) is 0.717. The van der Waals surface area contributed by atoms with Gasteiger partial charge in [-0.3, -0.25) is 0 Å². The SMILES string of the molecule is COc1ccc(OC)c(C(Br)c2ccccc2Cl)c1. The first-order valence-corrected chi connectivity index (χ1v) is 7.07. The van der Waals surface area contributed by atoms with E-state index in [0.29, 0.717) is 5.02 Å². The molecule has 1 atom stereocenters. The van der Waals surface area contributed by atoms with E-state index in [-0.39, 0.29) is 4.83 Å². The Labute approximate surface area is 126 Å². The monoisotopic (exact) mass is 340 g/mol. The van der Waals surface area contributed by atoms with Gasteiger partial charge < -0.3 is 9.47 Å². The summed E-state index contributed by atoms with van der Waals surface area (Å²) in [6.07, 6.45) is 0. The number of hydrogen-bond acceptors (Lipinski definition) is 2. The highest BCUT2D eigenvalue weighted by Gasteiger charge is 2.18. The van der Waals surface area contributed by atoms with Crippen LogP contribution in [0.25, 0.3) is 0 Å². The number of methoxy groups -OCH3 is 2. The lowest BCUT2D eigenvalue weighted by Crippen LogP contribution is -1.98. The van der Waals surface area contributed by atoms with Crippen LogP contribution in [0.4, 0.5) is 0 Å². The van der Waals surface area contributed by atoms with E-state index in [1.165, 1.54) is 0 Å². The van der Waals surface area contributed by atoms with Crippen LogP contribution in [0.15, 0.2) is 42.5 Å². The number of hydrogen-bond donors (Lipinski definition) is 0. The van der Waals surface area contributed by atoms with Crippen molar-refractivity contribution in [2.75, 3.05) is 14.2 Å². The summed E-state index contributed by atoms with van der Waals surface area (Å²) < 4.78 is 10.7. The number of alkyl halides is 1. The Morgan fingerprint density at radius 3 is 2.37 bits per heavy atom. The van der Waals surface area contributed by atoms with Crippen molar-refractivity contribution in [2.45, 2.75) is 4.83 Å². The second kappa shape index (κ2) is 6.31. The molecule has 1 unspecified atom stereocenters. The van der Waals surface area contributed by atoms with Crippen LogP contribution in [-0.4, -0.2) is 14.2 Å². The summed E-state index contributed by atoms with van der Waals surface area (Å²) in [6.45, 7) is 0. The largest absolute Gasteiger partial charge is 0.497 e. The average molecular weight is 342 g/mol. The van der Waals surface area contributed by atoms with Gasteiger partial charge in [-0.05, 0) is 29.8 Å². The lowest BCUT2D eigenvalue weighted by molar-refractivity contribution is 0.399. The molecular weight excluding hydrogens is 328 g/mol. The molecule has 2 nitrogen and oxygen atoms in total. The van der Waals surface area contributed by atoms with E-state index in [1.807, 2.05) is 42.5 Å². The predicted molar refractivity (Wildman–Crippen MR) is 81.8 cm³/mol. The van der Waals surface area contributed by atoms with Gasteiger partial charge in [0.1, 0.15) is 11.5 Å². The third-order valence-corrected chi connectivity index (χ3v) is 4.22. The minimum atomic E-state index is -0.0498. The summed E-state index contributed by atoms with van der Waals surface area (Å²) in [7, 11) is 3.29. The van der Waals surface area contributed by atoms with Gasteiger partial charge in [0.2, 0.25) is 0 Å². The molecule has 0 aliphatic rings. The molecule has 4 heteroatoms. The Bertz CT molecular complexity index is 572. The summed E-state index contributed by atoms with van der Waals surface area (Å²) in [5.74, 6) is 1.58. The van der Waals surface area contributed by atoms with Crippen LogP contribution < -0.4 is 9.47 Å². The zero-order valence-electron chi connectivity index (χ0n) is 10.7. The van der Waals surface area contributed by atoms with Crippen LogP contribution in [0.3, 0.4) is 0 Å². The van der Waals surface area contributed by atoms with Gasteiger partial charge in [0.25, 0.3) is 0 Å². The van der Waals surface area contributed by atoms with Crippen molar-refractivity contribution >= 4 is 27.5 Å². The van der Waals surface area contributed by atoms with Gasteiger partial charge in [-0.15, -0.1) is 0 Å². The van der Waals surface area contributed by atoms with Gasteiger partial charge in [-0.2, -0.15) is 0 Å². The standard InChI is InChI=1S/C15H14BrClO2/c1-18-10-7-8-14(19-2)12(9-10)15(16)11-5-3-4-6-13(11)17/h3-9,15H,1-2H3. The van der Waals surface area contributed by atoms with Gasteiger partial charge in [-0.25, -0.2) is 0 Å². The first kappa shape index (κ1) is 14.2. The highest BCUT2D eigenvalue weighted by molar-refractivity contribution is 9.09. The van der Waals surface area contributed by atoms with Crippen molar-refractivity contribution in [3.8, 4) is 11.5 Å². The highest BCUT2D eigenvalue weighted by Crippen LogP contribution is 2.40. The molecular formula is C15H14BrClO2. The lowest BCUT2D eigenvalue weighted by atomic mass is 10.0. The molecule has 2 aromatic carbocycles. The molecule has 0 N–H and O–H groups in total. The quantitative estimate of drug-likeness (QED) is 0.741. The Kier molecular flexibility index (Phi) is 4.72. The highest BCUT2D eigenvalue weighted by atomic mass is 79.9. The third kappa shape index (κ3) is 3.04. The van der Waals surface area contributed by atoms with Crippen molar-refractivity contribution in [1.82, 2.24) is 0 Å². The number of benzene rings is 2. The zero-order chi connectivity index (χ0) is 13.8. The van der Waals surface area contributed by atoms with Gasteiger partial charge in [-0.1, -0.05) is 45.7 Å². The fraction of sp³-hybridized carbons (Fsp3) is 0.200.